The van der Waals surface area contributed by atoms with E-state index in [-0.39, 0.29) is 0 Å². The van der Waals surface area contributed by atoms with Gasteiger partial charge < -0.3 is 20.4 Å². The van der Waals surface area contributed by atoms with Crippen LogP contribution in [0.3, 0.4) is 0 Å². The van der Waals surface area contributed by atoms with Gasteiger partial charge in [0.2, 0.25) is 0 Å². The van der Waals surface area contributed by atoms with E-state index in [1.54, 1.807) is 10.8 Å². The number of hydrogen-bond donors (Lipinski definition) is 4. The molecule has 2 heterocycles. The van der Waals surface area contributed by atoms with Crippen LogP contribution in [0.5, 0.6) is 0 Å². The predicted octanol–water partition coefficient (Wildman–Crippen LogP) is 2.00. The molecular formula is C14H12O8S2. The van der Waals surface area contributed by atoms with E-state index < -0.39 is 35.7 Å². The third-order valence-electron chi connectivity index (χ3n) is 2.74. The second-order valence-corrected chi connectivity index (χ2v) is 5.89. The predicted molar refractivity (Wildman–Crippen MR) is 84.7 cm³/mol. The summed E-state index contributed by atoms with van der Waals surface area (Å²) in [6.07, 6.45) is 0. The second kappa shape index (κ2) is 8.79. The summed E-state index contributed by atoms with van der Waals surface area (Å²) in [7, 11) is 0. The molecule has 8 nitrogen and oxygen atoms in total. The molecule has 0 amide bonds. The average Bonchev–Trinajstić information content (AvgIpc) is 3.11. The van der Waals surface area contributed by atoms with E-state index in [0.717, 1.165) is 0 Å². The Labute approximate surface area is 143 Å². The molecule has 2 rings (SSSR count). The fourth-order valence-corrected chi connectivity index (χ4v) is 3.03. The summed E-state index contributed by atoms with van der Waals surface area (Å²) in [5.74, 6) is -8.20. The summed E-state index contributed by atoms with van der Waals surface area (Å²) < 4.78 is 0. The zero-order valence-corrected chi connectivity index (χ0v) is 13.5. The van der Waals surface area contributed by atoms with Crippen molar-refractivity contribution in [1.82, 2.24) is 0 Å². The van der Waals surface area contributed by atoms with E-state index >= 15 is 0 Å². The minimum atomic E-state index is -1.43. The van der Waals surface area contributed by atoms with Crippen molar-refractivity contribution in [3.63, 3.8) is 0 Å². The van der Waals surface area contributed by atoms with Crippen LogP contribution in [0.2, 0.25) is 0 Å². The molecule has 0 radical (unpaired) electrons. The van der Waals surface area contributed by atoms with E-state index in [1.165, 1.54) is 45.6 Å². The van der Waals surface area contributed by atoms with Gasteiger partial charge in [0.25, 0.3) is 0 Å². The van der Waals surface area contributed by atoms with Crippen molar-refractivity contribution in [3.05, 3.63) is 44.8 Å². The minimum Gasteiger partial charge on any atom is -0.480 e. The van der Waals surface area contributed by atoms with Gasteiger partial charge in [-0.05, 0) is 44.8 Å². The smallest absolute Gasteiger partial charge is 0.322 e. The van der Waals surface area contributed by atoms with Crippen LogP contribution >= 0.6 is 22.7 Å². The van der Waals surface area contributed by atoms with Gasteiger partial charge in [0.1, 0.15) is 0 Å². The average molecular weight is 372 g/mol. The van der Waals surface area contributed by atoms with Crippen molar-refractivity contribution in [1.29, 1.82) is 0 Å². The quantitative estimate of drug-likeness (QED) is 0.562. The Hall–Kier alpha value is -2.72. The van der Waals surface area contributed by atoms with Crippen LogP contribution in [0, 0.1) is 0 Å². The van der Waals surface area contributed by atoms with Gasteiger partial charge >= 0.3 is 23.9 Å². The number of aliphatic carboxylic acids is 4. The number of carbonyl (C=O) groups is 4. The van der Waals surface area contributed by atoms with Gasteiger partial charge in [-0.15, -0.1) is 0 Å². The molecule has 2 aromatic rings. The molecule has 0 aliphatic heterocycles. The molecule has 0 bridgehead atoms. The van der Waals surface area contributed by atoms with Gasteiger partial charge in [0.05, 0.1) is 0 Å². The first kappa shape index (κ1) is 19.3. The Morgan fingerprint density at radius 3 is 1.12 bits per heavy atom. The molecule has 24 heavy (non-hydrogen) atoms. The normalized spacial score (nSPS) is 10.1. The maximum Gasteiger partial charge on any atom is 0.322 e. The highest BCUT2D eigenvalue weighted by atomic mass is 32.1. The SMILES string of the molecule is O=C(O)C(C(=O)O)c1ccsc1.O=C(O)C(C(=O)O)c1ccsc1. The third kappa shape index (κ3) is 5.18. The fraction of sp³-hybridized carbons (Fsp3) is 0.143. The zero-order chi connectivity index (χ0) is 18.3. The first-order chi connectivity index (χ1) is 11.3. The third-order valence-corrected chi connectivity index (χ3v) is 4.14. The highest BCUT2D eigenvalue weighted by molar-refractivity contribution is 7.08. The Kier molecular flexibility index (Phi) is 7.08. The van der Waals surface area contributed by atoms with Crippen LogP contribution in [0.15, 0.2) is 33.7 Å². The lowest BCUT2D eigenvalue weighted by Gasteiger charge is -2.02. The molecule has 0 fully saturated rings. The van der Waals surface area contributed by atoms with Crippen LogP contribution < -0.4 is 0 Å². The van der Waals surface area contributed by atoms with Gasteiger partial charge in [-0.3, -0.25) is 19.2 Å². The number of thiophene rings is 2. The molecule has 0 aliphatic carbocycles. The summed E-state index contributed by atoms with van der Waals surface area (Å²) in [4.78, 5) is 41.9. The lowest BCUT2D eigenvalue weighted by atomic mass is 10.0. The van der Waals surface area contributed by atoms with E-state index in [2.05, 4.69) is 0 Å². The molecule has 0 unspecified atom stereocenters. The van der Waals surface area contributed by atoms with Gasteiger partial charge in [0, 0.05) is 0 Å². The molecule has 0 aromatic carbocycles. The number of hydrogen-bond acceptors (Lipinski definition) is 6. The molecule has 0 aliphatic rings. The minimum absolute atomic E-state index is 0.319. The molecule has 0 atom stereocenters. The molecule has 2 aromatic heterocycles. The van der Waals surface area contributed by atoms with E-state index in [1.807, 2.05) is 0 Å². The van der Waals surface area contributed by atoms with Crippen molar-refractivity contribution >= 4 is 46.6 Å². The van der Waals surface area contributed by atoms with Gasteiger partial charge in [-0.1, -0.05) is 0 Å². The molecule has 0 saturated carbocycles. The van der Waals surface area contributed by atoms with Crippen LogP contribution in [-0.2, 0) is 19.2 Å². The van der Waals surface area contributed by atoms with Crippen molar-refractivity contribution < 1.29 is 39.6 Å². The zero-order valence-electron chi connectivity index (χ0n) is 11.9. The van der Waals surface area contributed by atoms with Crippen LogP contribution in [-0.4, -0.2) is 44.3 Å². The molecular weight excluding hydrogens is 360 g/mol. The lowest BCUT2D eigenvalue weighted by molar-refractivity contribution is -0.152. The van der Waals surface area contributed by atoms with Crippen LogP contribution in [0.25, 0.3) is 0 Å². The van der Waals surface area contributed by atoms with Crippen LogP contribution in [0.1, 0.15) is 23.0 Å². The van der Waals surface area contributed by atoms with Gasteiger partial charge in [0.15, 0.2) is 11.8 Å². The second-order valence-electron chi connectivity index (χ2n) is 4.33. The van der Waals surface area contributed by atoms with Crippen molar-refractivity contribution in [2.45, 2.75) is 11.8 Å². The molecule has 0 spiro atoms. The van der Waals surface area contributed by atoms with E-state index in [9.17, 15) is 19.2 Å². The van der Waals surface area contributed by atoms with Crippen molar-refractivity contribution in [2.75, 3.05) is 0 Å². The Balaban J connectivity index is 0.000000240. The number of rotatable bonds is 6. The largest absolute Gasteiger partial charge is 0.480 e. The summed E-state index contributed by atoms with van der Waals surface area (Å²) in [5.41, 5.74) is 0.639. The fourth-order valence-electron chi connectivity index (χ4n) is 1.66. The summed E-state index contributed by atoms with van der Waals surface area (Å²) >= 11 is 2.55. The monoisotopic (exact) mass is 372 g/mol. The van der Waals surface area contributed by atoms with E-state index in [0.29, 0.717) is 11.1 Å². The first-order valence-electron chi connectivity index (χ1n) is 6.21. The van der Waals surface area contributed by atoms with Gasteiger partial charge in [-0.25, -0.2) is 0 Å². The highest BCUT2D eigenvalue weighted by Gasteiger charge is 2.28. The Morgan fingerprint density at radius 1 is 0.667 bits per heavy atom. The van der Waals surface area contributed by atoms with Crippen LogP contribution in [0.4, 0.5) is 0 Å². The maximum atomic E-state index is 10.5. The van der Waals surface area contributed by atoms with Crippen molar-refractivity contribution in [3.8, 4) is 0 Å². The number of carboxylic acid groups (broad SMARTS) is 4. The maximum absolute atomic E-state index is 10.5. The molecule has 10 heteroatoms. The lowest BCUT2D eigenvalue weighted by Crippen LogP contribution is -2.20. The summed E-state index contributed by atoms with van der Waals surface area (Å²) in [6.45, 7) is 0. The Bertz CT molecular complexity index is 615. The standard InChI is InChI=1S/2C7H6O4S/c2*8-6(9)5(7(10)11)4-1-2-12-3-4/h2*1-3,5H,(H,8,9)(H,10,11). The Morgan fingerprint density at radius 2 is 0.958 bits per heavy atom. The van der Waals surface area contributed by atoms with E-state index in [4.69, 9.17) is 20.4 Å². The first-order valence-corrected chi connectivity index (χ1v) is 8.09. The molecule has 128 valence electrons. The highest BCUT2D eigenvalue weighted by Crippen LogP contribution is 2.19. The topological polar surface area (TPSA) is 149 Å². The summed E-state index contributed by atoms with van der Waals surface area (Å²) in [6, 6.07) is 3.00. The molecule has 0 saturated heterocycles. The summed E-state index contributed by atoms with van der Waals surface area (Å²) in [5, 5.41) is 40.5. The van der Waals surface area contributed by atoms with Gasteiger partial charge in [-0.2, -0.15) is 22.7 Å². The number of carboxylic acids is 4. The van der Waals surface area contributed by atoms with Crippen molar-refractivity contribution in [2.24, 2.45) is 0 Å². The molecule has 4 N–H and O–H groups in total.